The van der Waals surface area contributed by atoms with Gasteiger partial charge in [-0.15, -0.1) is 11.3 Å². The second-order valence-corrected chi connectivity index (χ2v) is 8.62. The van der Waals surface area contributed by atoms with Gasteiger partial charge < -0.3 is 15.0 Å². The van der Waals surface area contributed by atoms with Crippen molar-refractivity contribution >= 4 is 28.8 Å². The lowest BCUT2D eigenvalue weighted by atomic mass is 9.96. The summed E-state index contributed by atoms with van der Waals surface area (Å²) < 4.78 is 5.19. The maximum atomic E-state index is 13.0. The van der Waals surface area contributed by atoms with E-state index >= 15 is 0 Å². The number of para-hydroxylation sites is 1. The SMILES string of the molecule is COCCN=C1Nc2ccccc2CN[C@@]12CCN(C(=O)c1ccc(C)s1)C2. The van der Waals surface area contributed by atoms with Gasteiger partial charge >= 0.3 is 0 Å². The van der Waals surface area contributed by atoms with Crippen LogP contribution in [0.4, 0.5) is 5.69 Å². The Balaban J connectivity index is 1.60. The highest BCUT2D eigenvalue weighted by Crippen LogP contribution is 2.31. The van der Waals surface area contributed by atoms with Gasteiger partial charge in [0.2, 0.25) is 0 Å². The Kier molecular flexibility index (Phi) is 5.48. The van der Waals surface area contributed by atoms with E-state index in [2.05, 4.69) is 22.8 Å². The predicted octanol–water partition coefficient (Wildman–Crippen LogP) is 2.90. The first-order chi connectivity index (χ1) is 13.6. The number of ether oxygens (including phenoxy) is 1. The first-order valence-electron chi connectivity index (χ1n) is 9.61. The molecule has 7 heteroatoms. The Morgan fingerprint density at radius 2 is 2.18 bits per heavy atom. The number of anilines is 1. The number of amidine groups is 1. The zero-order chi connectivity index (χ0) is 19.6. The van der Waals surface area contributed by atoms with Gasteiger partial charge in [-0.05, 0) is 37.1 Å². The summed E-state index contributed by atoms with van der Waals surface area (Å²) in [6.45, 7) is 5.25. The number of fused-ring (bicyclic) bond motifs is 1. The van der Waals surface area contributed by atoms with Crippen LogP contribution in [0.15, 0.2) is 41.4 Å². The molecule has 2 N–H and O–H groups in total. The highest BCUT2D eigenvalue weighted by Gasteiger charge is 2.45. The lowest BCUT2D eigenvalue weighted by molar-refractivity contribution is 0.0790. The van der Waals surface area contributed by atoms with Crippen molar-refractivity contribution in [1.29, 1.82) is 0 Å². The monoisotopic (exact) mass is 398 g/mol. The van der Waals surface area contributed by atoms with E-state index in [9.17, 15) is 4.79 Å². The fourth-order valence-corrected chi connectivity index (χ4v) is 4.69. The minimum atomic E-state index is -0.366. The van der Waals surface area contributed by atoms with Gasteiger partial charge in [-0.25, -0.2) is 0 Å². The Morgan fingerprint density at radius 3 is 2.96 bits per heavy atom. The fourth-order valence-electron chi connectivity index (χ4n) is 3.86. The molecule has 28 heavy (non-hydrogen) atoms. The van der Waals surface area contributed by atoms with Crippen molar-refractivity contribution in [3.05, 3.63) is 51.7 Å². The Hall–Kier alpha value is -2.22. The normalized spacial score (nSPS) is 22.9. The van der Waals surface area contributed by atoms with Crippen molar-refractivity contribution < 1.29 is 9.53 Å². The molecule has 1 fully saturated rings. The second-order valence-electron chi connectivity index (χ2n) is 7.33. The van der Waals surface area contributed by atoms with Crippen LogP contribution in [0.1, 0.15) is 26.5 Å². The molecule has 1 amide bonds. The topological polar surface area (TPSA) is 66.0 Å². The molecule has 0 bridgehead atoms. The number of hydrogen-bond acceptors (Lipinski definition) is 5. The summed E-state index contributed by atoms with van der Waals surface area (Å²) in [5.41, 5.74) is 1.91. The van der Waals surface area contributed by atoms with E-state index in [0.29, 0.717) is 26.2 Å². The molecule has 0 saturated carbocycles. The van der Waals surface area contributed by atoms with Crippen LogP contribution in [0.25, 0.3) is 0 Å². The Morgan fingerprint density at radius 1 is 1.32 bits per heavy atom. The molecule has 2 aliphatic heterocycles. The number of carbonyl (C=O) groups is 1. The summed E-state index contributed by atoms with van der Waals surface area (Å²) in [5, 5.41) is 7.26. The summed E-state index contributed by atoms with van der Waals surface area (Å²) in [6.07, 6.45) is 0.829. The van der Waals surface area contributed by atoms with Crippen LogP contribution in [0.2, 0.25) is 0 Å². The van der Waals surface area contributed by atoms with Crippen LogP contribution in [0, 0.1) is 6.92 Å². The largest absolute Gasteiger partial charge is 0.383 e. The molecule has 0 radical (unpaired) electrons. The molecule has 2 aromatic rings. The smallest absolute Gasteiger partial charge is 0.264 e. The van der Waals surface area contributed by atoms with Crippen LogP contribution >= 0.6 is 11.3 Å². The molecule has 1 aromatic carbocycles. The number of benzene rings is 1. The fraction of sp³-hybridized carbons (Fsp3) is 0.429. The number of carbonyl (C=O) groups excluding carboxylic acids is 1. The standard InChI is InChI=1S/C21H26N4O2S/c1-15-7-8-18(28-15)19(26)25-11-9-21(14-25)20(22-10-12-27-2)24-17-6-4-3-5-16(17)13-23-21/h3-8,23H,9-14H2,1-2H3,(H,22,24)/t21-/m1/s1. The van der Waals surface area contributed by atoms with Gasteiger partial charge in [0.05, 0.1) is 23.6 Å². The van der Waals surface area contributed by atoms with Crippen LogP contribution in [0.5, 0.6) is 0 Å². The maximum Gasteiger partial charge on any atom is 0.264 e. The van der Waals surface area contributed by atoms with Gasteiger partial charge in [0.15, 0.2) is 0 Å². The quantitative estimate of drug-likeness (QED) is 0.778. The second kappa shape index (κ2) is 8.03. The van der Waals surface area contributed by atoms with Gasteiger partial charge in [-0.2, -0.15) is 0 Å². The molecule has 1 aromatic heterocycles. The van der Waals surface area contributed by atoms with E-state index in [1.165, 1.54) is 5.56 Å². The average Bonchev–Trinajstić information content (AvgIpc) is 3.29. The van der Waals surface area contributed by atoms with Crippen LogP contribution in [-0.2, 0) is 11.3 Å². The van der Waals surface area contributed by atoms with Crippen molar-refractivity contribution in [3.63, 3.8) is 0 Å². The lowest BCUT2D eigenvalue weighted by Gasteiger charge is -2.30. The van der Waals surface area contributed by atoms with E-state index < -0.39 is 0 Å². The third-order valence-electron chi connectivity index (χ3n) is 5.41. The van der Waals surface area contributed by atoms with Gasteiger partial charge in [0.1, 0.15) is 5.84 Å². The first-order valence-corrected chi connectivity index (χ1v) is 10.4. The summed E-state index contributed by atoms with van der Waals surface area (Å²) in [7, 11) is 1.68. The minimum Gasteiger partial charge on any atom is -0.383 e. The lowest BCUT2D eigenvalue weighted by Crippen LogP contribution is -2.55. The van der Waals surface area contributed by atoms with Gasteiger partial charge in [0, 0.05) is 37.3 Å². The molecule has 0 aliphatic carbocycles. The van der Waals surface area contributed by atoms with E-state index in [-0.39, 0.29) is 11.4 Å². The summed E-state index contributed by atoms with van der Waals surface area (Å²) in [4.78, 5) is 21.7. The van der Waals surface area contributed by atoms with E-state index in [4.69, 9.17) is 9.73 Å². The van der Waals surface area contributed by atoms with Crippen molar-refractivity contribution in [2.24, 2.45) is 4.99 Å². The molecule has 6 nitrogen and oxygen atoms in total. The molecule has 3 heterocycles. The third-order valence-corrected chi connectivity index (χ3v) is 6.40. The highest BCUT2D eigenvalue weighted by atomic mass is 32.1. The number of methoxy groups -OCH3 is 1. The van der Waals surface area contributed by atoms with Crippen molar-refractivity contribution in [1.82, 2.24) is 10.2 Å². The molecule has 1 atom stereocenters. The number of likely N-dealkylation sites (tertiary alicyclic amines) is 1. The maximum absolute atomic E-state index is 13.0. The molecule has 2 aliphatic rings. The Bertz CT molecular complexity index is 894. The number of aryl methyl sites for hydroxylation is 1. The van der Waals surface area contributed by atoms with Gasteiger partial charge in [0.25, 0.3) is 5.91 Å². The van der Waals surface area contributed by atoms with Gasteiger partial charge in [-0.3, -0.25) is 15.1 Å². The van der Waals surface area contributed by atoms with Crippen LogP contribution in [-0.4, -0.2) is 55.5 Å². The minimum absolute atomic E-state index is 0.106. The zero-order valence-corrected chi connectivity index (χ0v) is 17.1. The summed E-state index contributed by atoms with van der Waals surface area (Å²) in [5.74, 6) is 1.00. The van der Waals surface area contributed by atoms with E-state index in [1.54, 1.807) is 18.4 Å². The highest BCUT2D eigenvalue weighted by molar-refractivity contribution is 7.13. The summed E-state index contributed by atoms with van der Waals surface area (Å²) in [6, 6.07) is 12.2. The van der Waals surface area contributed by atoms with E-state index in [0.717, 1.165) is 34.2 Å². The van der Waals surface area contributed by atoms with Gasteiger partial charge in [-0.1, -0.05) is 18.2 Å². The molecule has 1 saturated heterocycles. The average molecular weight is 399 g/mol. The number of nitrogens with zero attached hydrogens (tertiary/aromatic N) is 2. The molecular weight excluding hydrogens is 372 g/mol. The van der Waals surface area contributed by atoms with Crippen molar-refractivity contribution in [2.75, 3.05) is 38.7 Å². The van der Waals surface area contributed by atoms with E-state index in [1.807, 2.05) is 36.1 Å². The Labute approximate surface area is 169 Å². The molecule has 1 spiro atoms. The number of aliphatic imine (C=N–C) groups is 1. The first kappa shape index (κ1) is 19.1. The predicted molar refractivity (Wildman–Crippen MR) is 113 cm³/mol. The number of nitrogens with one attached hydrogen (secondary N) is 2. The summed E-state index contributed by atoms with van der Waals surface area (Å²) >= 11 is 1.56. The molecule has 0 unspecified atom stereocenters. The third kappa shape index (κ3) is 3.70. The number of thiophene rings is 1. The molecule has 148 valence electrons. The van der Waals surface area contributed by atoms with Crippen LogP contribution in [0.3, 0.4) is 0 Å². The van der Waals surface area contributed by atoms with Crippen molar-refractivity contribution in [3.8, 4) is 0 Å². The number of amides is 1. The number of rotatable bonds is 4. The van der Waals surface area contributed by atoms with Crippen LogP contribution < -0.4 is 10.6 Å². The molecule has 4 rings (SSSR count). The zero-order valence-electron chi connectivity index (χ0n) is 16.3. The molecular formula is C21H26N4O2S. The number of hydrogen-bond donors (Lipinski definition) is 2. The van der Waals surface area contributed by atoms with Crippen molar-refractivity contribution in [2.45, 2.75) is 25.4 Å².